The third kappa shape index (κ3) is 2.36. The fourth-order valence-electron chi connectivity index (χ4n) is 3.41. The normalized spacial score (nSPS) is 19.6. The van der Waals surface area contributed by atoms with Crippen LogP contribution in [-0.2, 0) is 4.79 Å². The molecule has 6 heteroatoms. The summed E-state index contributed by atoms with van der Waals surface area (Å²) in [5.41, 5.74) is 1.52. The summed E-state index contributed by atoms with van der Waals surface area (Å²) in [6, 6.07) is 7.20. The molecule has 1 atom stereocenters. The number of hydrogen-bond donors (Lipinski definition) is 1. The van der Waals surface area contributed by atoms with E-state index in [9.17, 15) is 9.59 Å². The molecule has 0 spiro atoms. The van der Waals surface area contributed by atoms with Crippen molar-refractivity contribution in [3.05, 3.63) is 67.9 Å². The lowest BCUT2D eigenvalue weighted by molar-refractivity contribution is -0.116. The van der Waals surface area contributed by atoms with Gasteiger partial charge in [0.25, 0.3) is 5.56 Å². The van der Waals surface area contributed by atoms with E-state index in [4.69, 9.17) is 16.3 Å². The number of benzene rings is 1. The molecule has 1 aliphatic heterocycles. The van der Waals surface area contributed by atoms with Crippen molar-refractivity contribution in [2.24, 2.45) is 0 Å². The number of Topliss-reactive ketones (excluding diaryl/α,β-unsaturated/α-hetero) is 1. The maximum absolute atomic E-state index is 12.6. The van der Waals surface area contributed by atoms with E-state index in [2.05, 4.69) is 9.97 Å². The van der Waals surface area contributed by atoms with Gasteiger partial charge >= 0.3 is 0 Å². The molecule has 1 aromatic carbocycles. The van der Waals surface area contributed by atoms with Crippen molar-refractivity contribution in [1.82, 2.24) is 9.97 Å². The van der Waals surface area contributed by atoms with Gasteiger partial charge in [0.05, 0.1) is 11.5 Å². The minimum atomic E-state index is -0.467. The van der Waals surface area contributed by atoms with Crippen LogP contribution in [0.2, 0.25) is 5.02 Å². The van der Waals surface area contributed by atoms with Gasteiger partial charge in [-0.1, -0.05) is 23.7 Å². The van der Waals surface area contributed by atoms with Crippen LogP contribution in [0.15, 0.2) is 40.4 Å². The highest BCUT2D eigenvalue weighted by Gasteiger charge is 2.39. The summed E-state index contributed by atoms with van der Waals surface area (Å²) in [6.07, 6.45) is 1.90. The van der Waals surface area contributed by atoms with E-state index < -0.39 is 5.92 Å². The molecule has 2 heterocycles. The predicted molar refractivity (Wildman–Crippen MR) is 89.4 cm³/mol. The Bertz CT molecular complexity index is 928. The van der Waals surface area contributed by atoms with Crippen molar-refractivity contribution in [1.29, 1.82) is 0 Å². The lowest BCUT2D eigenvalue weighted by Gasteiger charge is -2.31. The monoisotopic (exact) mass is 342 g/mol. The fraction of sp³-hybridized carbons (Fsp3) is 0.278. The average Bonchev–Trinajstić information content (AvgIpc) is 2.54. The van der Waals surface area contributed by atoms with Gasteiger partial charge in [-0.25, -0.2) is 0 Å². The molecule has 0 radical (unpaired) electrons. The number of nitrogens with one attached hydrogen (secondary N) is 1. The number of rotatable bonds is 1. The minimum absolute atomic E-state index is 0.0295. The summed E-state index contributed by atoms with van der Waals surface area (Å²) in [4.78, 5) is 32.2. The minimum Gasteiger partial charge on any atom is -0.442 e. The highest BCUT2D eigenvalue weighted by atomic mass is 35.5. The Labute approximate surface area is 143 Å². The van der Waals surface area contributed by atoms with E-state index in [-0.39, 0.29) is 11.3 Å². The molecular weight excluding hydrogens is 328 g/mol. The van der Waals surface area contributed by atoms with Crippen molar-refractivity contribution in [2.75, 3.05) is 0 Å². The smallest absolute Gasteiger partial charge is 0.258 e. The molecule has 5 nitrogen and oxygen atoms in total. The molecule has 0 saturated carbocycles. The molecule has 24 heavy (non-hydrogen) atoms. The average molecular weight is 343 g/mol. The Balaban J connectivity index is 1.99. The number of fused-ring (bicyclic) bond motifs is 1. The zero-order valence-electron chi connectivity index (χ0n) is 13.1. The van der Waals surface area contributed by atoms with Crippen molar-refractivity contribution >= 4 is 17.4 Å². The number of H-pyrrole nitrogens is 1. The summed E-state index contributed by atoms with van der Waals surface area (Å²) in [6.45, 7) is 1.71. The van der Waals surface area contributed by atoms with E-state index >= 15 is 0 Å². The molecule has 0 fully saturated rings. The lowest BCUT2D eigenvalue weighted by atomic mass is 9.78. The van der Waals surface area contributed by atoms with Crippen LogP contribution in [0.3, 0.4) is 0 Å². The molecule has 1 aromatic heterocycles. The van der Waals surface area contributed by atoms with Gasteiger partial charge in [-0.05, 0) is 31.0 Å². The topological polar surface area (TPSA) is 72.0 Å². The van der Waals surface area contributed by atoms with E-state index in [1.54, 1.807) is 19.1 Å². The van der Waals surface area contributed by atoms with E-state index in [1.165, 1.54) is 0 Å². The van der Waals surface area contributed by atoms with Gasteiger partial charge in [0, 0.05) is 23.4 Å². The number of carbonyl (C=O) groups excluding carboxylic acids is 1. The molecule has 0 unspecified atom stereocenters. The van der Waals surface area contributed by atoms with Crippen molar-refractivity contribution in [3.63, 3.8) is 0 Å². The second-order valence-electron chi connectivity index (χ2n) is 6.07. The number of nitrogens with zero attached hydrogens (tertiary/aromatic N) is 1. The van der Waals surface area contributed by atoms with Crippen LogP contribution in [0, 0.1) is 6.92 Å². The molecule has 122 valence electrons. The van der Waals surface area contributed by atoms with Crippen LogP contribution in [0.1, 0.15) is 42.1 Å². The maximum Gasteiger partial charge on any atom is 0.258 e. The zero-order valence-corrected chi connectivity index (χ0v) is 13.8. The Kier molecular flexibility index (Phi) is 3.53. The summed E-state index contributed by atoms with van der Waals surface area (Å²) in [5, 5.41) is 0.603. The van der Waals surface area contributed by atoms with E-state index in [0.717, 1.165) is 12.0 Å². The van der Waals surface area contributed by atoms with Gasteiger partial charge in [0.2, 0.25) is 5.88 Å². The Morgan fingerprint density at radius 1 is 1.21 bits per heavy atom. The number of aromatic nitrogens is 2. The molecule has 1 N–H and O–H groups in total. The predicted octanol–water partition coefficient (Wildman–Crippen LogP) is 3.26. The number of ketones is 1. The first-order chi connectivity index (χ1) is 11.5. The Morgan fingerprint density at radius 3 is 2.71 bits per heavy atom. The third-order valence-corrected chi connectivity index (χ3v) is 4.70. The summed E-state index contributed by atoms with van der Waals surface area (Å²) in [5.74, 6) is 0.980. The largest absolute Gasteiger partial charge is 0.442 e. The van der Waals surface area contributed by atoms with Gasteiger partial charge in [0.1, 0.15) is 11.6 Å². The summed E-state index contributed by atoms with van der Waals surface area (Å²) >= 11 is 5.99. The number of aryl methyl sites for hydroxylation is 1. The number of aromatic amines is 1. The Morgan fingerprint density at radius 2 is 1.96 bits per heavy atom. The van der Waals surface area contributed by atoms with Gasteiger partial charge in [-0.3, -0.25) is 9.59 Å². The lowest BCUT2D eigenvalue weighted by Crippen LogP contribution is -2.31. The quantitative estimate of drug-likeness (QED) is 0.863. The second-order valence-corrected chi connectivity index (χ2v) is 6.51. The molecule has 2 aromatic rings. The molecule has 0 bridgehead atoms. The SMILES string of the molecule is Cc1nc2c(c(=O)[nH]1)[C@@H](c1ccc(Cl)cc1)C1=C(CCCC1=O)O2. The van der Waals surface area contributed by atoms with Gasteiger partial charge < -0.3 is 9.72 Å². The number of allylic oxidation sites excluding steroid dienone is 2. The zero-order chi connectivity index (χ0) is 16.8. The van der Waals surface area contributed by atoms with E-state index in [0.29, 0.717) is 46.5 Å². The first-order valence-corrected chi connectivity index (χ1v) is 8.23. The molecule has 1 aliphatic carbocycles. The highest BCUT2D eigenvalue weighted by molar-refractivity contribution is 6.30. The molecular formula is C18H15ClN2O3. The van der Waals surface area contributed by atoms with Crippen LogP contribution in [0.25, 0.3) is 0 Å². The number of carbonyl (C=O) groups is 1. The summed E-state index contributed by atoms with van der Waals surface area (Å²) < 4.78 is 5.85. The van der Waals surface area contributed by atoms with Crippen molar-refractivity contribution < 1.29 is 9.53 Å². The van der Waals surface area contributed by atoms with Crippen LogP contribution < -0.4 is 10.3 Å². The van der Waals surface area contributed by atoms with Crippen LogP contribution in [0.5, 0.6) is 5.88 Å². The Hall–Kier alpha value is -2.40. The van der Waals surface area contributed by atoms with Gasteiger partial charge in [-0.15, -0.1) is 0 Å². The molecule has 4 rings (SSSR count). The number of halogens is 1. The standard InChI is InChI=1S/C18H15ClN2O3/c1-9-20-17(23)16-14(10-5-7-11(19)8-6-10)15-12(22)3-2-4-13(15)24-18(16)21-9/h5-8,14H,2-4H2,1H3,(H,20,21,23)/t14-/m0/s1. The number of hydrogen-bond acceptors (Lipinski definition) is 4. The van der Waals surface area contributed by atoms with Crippen molar-refractivity contribution in [2.45, 2.75) is 32.1 Å². The van der Waals surface area contributed by atoms with E-state index in [1.807, 2.05) is 12.1 Å². The number of ether oxygens (including phenoxy) is 1. The molecule has 0 saturated heterocycles. The molecule has 2 aliphatic rings. The third-order valence-electron chi connectivity index (χ3n) is 4.45. The van der Waals surface area contributed by atoms with Gasteiger partial charge in [0.15, 0.2) is 5.78 Å². The van der Waals surface area contributed by atoms with Crippen molar-refractivity contribution in [3.8, 4) is 5.88 Å². The maximum atomic E-state index is 12.6. The first-order valence-electron chi connectivity index (χ1n) is 7.85. The highest BCUT2D eigenvalue weighted by Crippen LogP contribution is 2.44. The summed E-state index contributed by atoms with van der Waals surface area (Å²) in [7, 11) is 0. The fourth-order valence-corrected chi connectivity index (χ4v) is 3.54. The second kappa shape index (κ2) is 5.60. The van der Waals surface area contributed by atoms with Gasteiger partial charge in [-0.2, -0.15) is 4.98 Å². The van der Waals surface area contributed by atoms with Crippen LogP contribution in [0.4, 0.5) is 0 Å². The first kappa shape index (κ1) is 15.1. The van der Waals surface area contributed by atoms with Crippen LogP contribution >= 0.6 is 11.6 Å². The molecule has 0 amide bonds. The van der Waals surface area contributed by atoms with Crippen LogP contribution in [-0.4, -0.2) is 15.8 Å².